The predicted molar refractivity (Wildman–Crippen MR) is 116 cm³/mol. The van der Waals surface area contributed by atoms with Crippen molar-refractivity contribution in [1.29, 1.82) is 0 Å². The summed E-state index contributed by atoms with van der Waals surface area (Å²) < 4.78 is 37.9. The molecule has 1 aliphatic rings. The molecule has 1 fully saturated rings. The fourth-order valence-electron chi connectivity index (χ4n) is 3.40. The first kappa shape index (κ1) is 24.4. The zero-order chi connectivity index (χ0) is 22.4. The third-order valence-corrected chi connectivity index (χ3v) is 6.55. The van der Waals surface area contributed by atoms with Gasteiger partial charge in [0.2, 0.25) is 10.0 Å². The van der Waals surface area contributed by atoms with Crippen LogP contribution in [0.1, 0.15) is 40.5 Å². The molecule has 2 N–H and O–H groups in total. The topological polar surface area (TPSA) is 97.0 Å². The lowest BCUT2D eigenvalue weighted by atomic mass is 9.92. The summed E-state index contributed by atoms with van der Waals surface area (Å²) in [5, 5.41) is 3.38. The number of ether oxygens (including phenoxy) is 2. The van der Waals surface area contributed by atoms with Gasteiger partial charge in [-0.25, -0.2) is 17.9 Å². The van der Waals surface area contributed by atoms with Crippen LogP contribution in [0.25, 0.3) is 0 Å². The smallest absolute Gasteiger partial charge is 0.410 e. The average Bonchev–Trinajstić information content (AvgIpc) is 2.70. The number of rotatable bonds is 8. The highest BCUT2D eigenvalue weighted by molar-refractivity contribution is 7.89. The van der Waals surface area contributed by atoms with Gasteiger partial charge in [0.05, 0.1) is 12.0 Å². The minimum Gasteiger partial charge on any atom is -0.497 e. The zero-order valence-electron chi connectivity index (χ0n) is 18.6. The van der Waals surface area contributed by atoms with Crippen LogP contribution < -0.4 is 14.8 Å². The number of carbonyl (C=O) groups is 1. The molecular formula is C21H35N3O5S. The third-order valence-electron chi connectivity index (χ3n) is 5.07. The van der Waals surface area contributed by atoms with Crippen molar-refractivity contribution in [2.45, 2.75) is 57.1 Å². The fourth-order valence-corrected chi connectivity index (χ4v) is 4.43. The predicted octanol–water partition coefficient (Wildman–Crippen LogP) is 2.60. The molecule has 0 aliphatic carbocycles. The van der Waals surface area contributed by atoms with E-state index >= 15 is 0 Å². The first-order chi connectivity index (χ1) is 14.0. The van der Waals surface area contributed by atoms with Gasteiger partial charge in [-0.15, -0.1) is 0 Å². The van der Waals surface area contributed by atoms with Crippen LogP contribution >= 0.6 is 0 Å². The number of carbonyl (C=O) groups excluding carboxylic acids is 1. The van der Waals surface area contributed by atoms with Gasteiger partial charge in [0, 0.05) is 32.2 Å². The van der Waals surface area contributed by atoms with Crippen molar-refractivity contribution in [3.05, 3.63) is 24.3 Å². The van der Waals surface area contributed by atoms with E-state index < -0.39 is 15.6 Å². The Hall–Kier alpha value is -1.84. The van der Waals surface area contributed by atoms with Crippen molar-refractivity contribution in [3.63, 3.8) is 0 Å². The Bertz CT molecular complexity index is 790. The molecule has 170 valence electrons. The molecule has 1 aromatic rings. The van der Waals surface area contributed by atoms with Crippen LogP contribution in [0.15, 0.2) is 29.2 Å². The van der Waals surface area contributed by atoms with Crippen molar-refractivity contribution in [1.82, 2.24) is 14.9 Å². The number of amides is 1. The molecule has 1 amide bonds. The molecule has 30 heavy (non-hydrogen) atoms. The lowest BCUT2D eigenvalue weighted by Gasteiger charge is -2.36. The Morgan fingerprint density at radius 3 is 2.50 bits per heavy atom. The Balaban J connectivity index is 1.78. The summed E-state index contributed by atoms with van der Waals surface area (Å²) in [5.41, 5.74) is -0.505. The number of benzene rings is 1. The van der Waals surface area contributed by atoms with E-state index in [1.54, 1.807) is 17.0 Å². The highest BCUT2D eigenvalue weighted by atomic mass is 32.2. The molecule has 0 radical (unpaired) electrons. The largest absolute Gasteiger partial charge is 0.497 e. The molecule has 8 nitrogen and oxygen atoms in total. The van der Waals surface area contributed by atoms with Gasteiger partial charge < -0.3 is 19.7 Å². The SMILES string of the molecule is COc1ccc(S(=O)(=O)NCCN[C@@H](C)[C@@H]2CCCN(C(=O)OC(C)(C)C)C2)cc1. The number of nitrogens with one attached hydrogen (secondary N) is 2. The van der Waals surface area contributed by atoms with Gasteiger partial charge in [-0.2, -0.15) is 0 Å². The van der Waals surface area contributed by atoms with Crippen molar-refractivity contribution >= 4 is 16.1 Å². The van der Waals surface area contributed by atoms with Crippen LogP contribution in [0, 0.1) is 5.92 Å². The van der Waals surface area contributed by atoms with Gasteiger partial charge >= 0.3 is 6.09 Å². The fraction of sp³-hybridized carbons (Fsp3) is 0.667. The maximum atomic E-state index is 12.4. The Labute approximate surface area is 180 Å². The molecular weight excluding hydrogens is 406 g/mol. The van der Waals surface area contributed by atoms with E-state index in [0.29, 0.717) is 31.3 Å². The number of hydrogen-bond acceptors (Lipinski definition) is 6. The molecule has 1 aromatic carbocycles. The summed E-state index contributed by atoms with van der Waals surface area (Å²) in [6.07, 6.45) is 1.68. The van der Waals surface area contributed by atoms with E-state index in [2.05, 4.69) is 17.0 Å². The minimum absolute atomic E-state index is 0.153. The van der Waals surface area contributed by atoms with Gasteiger partial charge in [0.15, 0.2) is 0 Å². The summed E-state index contributed by atoms with van der Waals surface area (Å²) in [4.78, 5) is 14.3. The average molecular weight is 442 g/mol. The lowest BCUT2D eigenvalue weighted by Crippen LogP contribution is -2.48. The molecule has 0 saturated carbocycles. The number of likely N-dealkylation sites (tertiary alicyclic amines) is 1. The second kappa shape index (κ2) is 10.5. The number of hydrogen-bond donors (Lipinski definition) is 2. The first-order valence-corrected chi connectivity index (χ1v) is 11.8. The molecule has 0 spiro atoms. The number of nitrogens with zero attached hydrogens (tertiary/aromatic N) is 1. The third kappa shape index (κ3) is 7.45. The molecule has 1 aliphatic heterocycles. The Morgan fingerprint density at radius 1 is 1.23 bits per heavy atom. The zero-order valence-corrected chi connectivity index (χ0v) is 19.4. The van der Waals surface area contributed by atoms with Crippen LogP contribution in [0.4, 0.5) is 4.79 Å². The Morgan fingerprint density at radius 2 is 1.90 bits per heavy atom. The van der Waals surface area contributed by atoms with Crippen LogP contribution in [0.5, 0.6) is 5.75 Å². The number of sulfonamides is 1. The van der Waals surface area contributed by atoms with E-state index in [-0.39, 0.29) is 23.6 Å². The van der Waals surface area contributed by atoms with E-state index in [1.807, 2.05) is 20.8 Å². The molecule has 9 heteroatoms. The molecule has 1 heterocycles. The highest BCUT2D eigenvalue weighted by Gasteiger charge is 2.30. The minimum atomic E-state index is -3.56. The summed E-state index contributed by atoms with van der Waals surface area (Å²) in [6, 6.07) is 6.43. The molecule has 2 rings (SSSR count). The summed E-state index contributed by atoms with van der Waals surface area (Å²) in [5.74, 6) is 0.904. The molecule has 0 bridgehead atoms. The van der Waals surface area contributed by atoms with Gasteiger partial charge in [0.25, 0.3) is 0 Å². The van der Waals surface area contributed by atoms with Crippen molar-refractivity contribution in [2.75, 3.05) is 33.3 Å². The van der Waals surface area contributed by atoms with Crippen molar-refractivity contribution in [3.8, 4) is 5.75 Å². The van der Waals surface area contributed by atoms with E-state index in [9.17, 15) is 13.2 Å². The summed E-state index contributed by atoms with van der Waals surface area (Å²) in [7, 11) is -2.03. The van der Waals surface area contributed by atoms with Crippen molar-refractivity contribution < 1.29 is 22.7 Å². The number of piperidine rings is 1. The van der Waals surface area contributed by atoms with Crippen LogP contribution in [0.3, 0.4) is 0 Å². The van der Waals surface area contributed by atoms with Gasteiger partial charge in [-0.1, -0.05) is 0 Å². The van der Waals surface area contributed by atoms with E-state index in [4.69, 9.17) is 9.47 Å². The lowest BCUT2D eigenvalue weighted by molar-refractivity contribution is 0.0149. The van der Waals surface area contributed by atoms with Gasteiger partial charge in [-0.3, -0.25) is 0 Å². The van der Waals surface area contributed by atoms with Gasteiger partial charge in [-0.05, 0) is 70.7 Å². The molecule has 0 unspecified atom stereocenters. The maximum absolute atomic E-state index is 12.4. The first-order valence-electron chi connectivity index (χ1n) is 10.4. The van der Waals surface area contributed by atoms with Crippen LogP contribution in [-0.2, 0) is 14.8 Å². The van der Waals surface area contributed by atoms with Crippen LogP contribution in [0.2, 0.25) is 0 Å². The van der Waals surface area contributed by atoms with E-state index in [1.165, 1.54) is 19.2 Å². The standard InChI is InChI=1S/C21H35N3O5S/c1-16(17-7-6-14-24(15-17)20(25)29-21(2,3)4)22-12-13-23-30(26,27)19-10-8-18(28-5)9-11-19/h8-11,16-17,22-23H,6-7,12-15H2,1-5H3/t16-,17+/m0/s1. The van der Waals surface area contributed by atoms with Crippen molar-refractivity contribution in [2.24, 2.45) is 5.92 Å². The number of methoxy groups -OCH3 is 1. The monoisotopic (exact) mass is 441 g/mol. The maximum Gasteiger partial charge on any atom is 0.410 e. The molecule has 0 aromatic heterocycles. The molecule has 1 saturated heterocycles. The quantitative estimate of drug-likeness (QED) is 0.602. The van der Waals surface area contributed by atoms with Crippen LogP contribution in [-0.4, -0.2) is 64.3 Å². The van der Waals surface area contributed by atoms with Gasteiger partial charge in [0.1, 0.15) is 11.4 Å². The normalized spacial score (nSPS) is 18.7. The summed E-state index contributed by atoms with van der Waals surface area (Å²) in [6.45, 7) is 9.79. The second-order valence-corrected chi connectivity index (χ2v) is 10.4. The molecule has 2 atom stereocenters. The Kier molecular flexibility index (Phi) is 8.52. The highest BCUT2D eigenvalue weighted by Crippen LogP contribution is 2.22. The second-order valence-electron chi connectivity index (χ2n) is 8.64. The summed E-state index contributed by atoms with van der Waals surface area (Å²) >= 11 is 0. The van der Waals surface area contributed by atoms with E-state index in [0.717, 1.165) is 12.8 Å².